The first kappa shape index (κ1) is 11.4. The van der Waals surface area contributed by atoms with Crippen molar-refractivity contribution in [2.45, 2.75) is 36.6 Å². The monoisotopic (exact) mass is 240 g/mol. The first-order chi connectivity index (χ1) is 7.55. The van der Waals surface area contributed by atoms with Gasteiger partial charge in [-0.2, -0.15) is 0 Å². The van der Waals surface area contributed by atoms with Crippen LogP contribution in [0.3, 0.4) is 0 Å². The molecule has 2 rings (SSSR count). The van der Waals surface area contributed by atoms with E-state index in [0.717, 1.165) is 5.69 Å². The number of anilines is 1. The van der Waals surface area contributed by atoms with Gasteiger partial charge in [-0.05, 0) is 37.1 Å². The van der Waals surface area contributed by atoms with Crippen LogP contribution in [0, 0.1) is 0 Å². The molecule has 3 N–H and O–H groups in total. The fourth-order valence-electron chi connectivity index (χ4n) is 2.05. The highest BCUT2D eigenvalue weighted by atomic mass is 32.2. The van der Waals surface area contributed by atoms with Crippen LogP contribution >= 0.6 is 0 Å². The minimum Gasteiger partial charge on any atom is -0.382 e. The SMILES string of the molecule is NS(=O)(=O)c1ccc(NC2CCCC2)cc1. The number of sulfonamides is 1. The number of primary sulfonamides is 1. The van der Waals surface area contributed by atoms with Gasteiger partial charge in [-0.25, -0.2) is 13.6 Å². The van der Waals surface area contributed by atoms with Crippen LogP contribution in [-0.2, 0) is 10.0 Å². The molecule has 16 heavy (non-hydrogen) atoms. The molecule has 1 fully saturated rings. The van der Waals surface area contributed by atoms with Crippen LogP contribution in [0.25, 0.3) is 0 Å². The Balaban J connectivity index is 2.07. The van der Waals surface area contributed by atoms with Gasteiger partial charge >= 0.3 is 0 Å². The van der Waals surface area contributed by atoms with Crippen molar-refractivity contribution in [1.29, 1.82) is 0 Å². The Morgan fingerprint density at radius 2 is 1.69 bits per heavy atom. The Labute approximate surface area is 95.9 Å². The highest BCUT2D eigenvalue weighted by Gasteiger charge is 2.14. The third kappa shape index (κ3) is 2.74. The van der Waals surface area contributed by atoms with E-state index in [-0.39, 0.29) is 4.90 Å². The molecule has 1 aromatic rings. The Morgan fingerprint density at radius 1 is 1.12 bits per heavy atom. The van der Waals surface area contributed by atoms with Crippen LogP contribution in [0.2, 0.25) is 0 Å². The molecular formula is C11H16N2O2S. The number of hydrogen-bond donors (Lipinski definition) is 2. The molecule has 1 aliphatic carbocycles. The van der Waals surface area contributed by atoms with Gasteiger partial charge in [-0.1, -0.05) is 12.8 Å². The first-order valence-electron chi connectivity index (χ1n) is 5.45. The second-order valence-electron chi connectivity index (χ2n) is 4.20. The number of hydrogen-bond acceptors (Lipinski definition) is 3. The number of nitrogens with one attached hydrogen (secondary N) is 1. The molecule has 4 nitrogen and oxygen atoms in total. The van der Waals surface area contributed by atoms with Crippen molar-refractivity contribution >= 4 is 15.7 Å². The molecule has 1 saturated carbocycles. The third-order valence-electron chi connectivity index (χ3n) is 2.91. The summed E-state index contributed by atoms with van der Waals surface area (Å²) >= 11 is 0. The smallest absolute Gasteiger partial charge is 0.238 e. The van der Waals surface area contributed by atoms with Gasteiger partial charge in [0, 0.05) is 11.7 Å². The number of rotatable bonds is 3. The lowest BCUT2D eigenvalue weighted by molar-refractivity contribution is 0.598. The van der Waals surface area contributed by atoms with Gasteiger partial charge in [0.2, 0.25) is 10.0 Å². The highest BCUT2D eigenvalue weighted by Crippen LogP contribution is 2.22. The molecule has 0 saturated heterocycles. The molecular weight excluding hydrogens is 224 g/mol. The standard InChI is InChI=1S/C11H16N2O2S/c12-16(14,15)11-7-5-10(6-8-11)13-9-3-1-2-4-9/h5-9,13H,1-4H2,(H2,12,14,15). The molecule has 0 aliphatic heterocycles. The number of benzene rings is 1. The van der Waals surface area contributed by atoms with E-state index >= 15 is 0 Å². The molecule has 0 heterocycles. The van der Waals surface area contributed by atoms with E-state index in [4.69, 9.17) is 5.14 Å². The summed E-state index contributed by atoms with van der Waals surface area (Å²) in [7, 11) is -3.57. The Bertz CT molecular complexity index is 447. The van der Waals surface area contributed by atoms with E-state index in [1.165, 1.54) is 37.8 Å². The molecule has 1 aromatic carbocycles. The van der Waals surface area contributed by atoms with Crippen LogP contribution in [0.1, 0.15) is 25.7 Å². The Hall–Kier alpha value is -1.07. The molecule has 0 spiro atoms. The zero-order chi connectivity index (χ0) is 11.6. The van der Waals surface area contributed by atoms with Gasteiger partial charge in [0.1, 0.15) is 0 Å². The fourth-order valence-corrected chi connectivity index (χ4v) is 2.56. The van der Waals surface area contributed by atoms with Crippen molar-refractivity contribution in [3.05, 3.63) is 24.3 Å². The van der Waals surface area contributed by atoms with Crippen molar-refractivity contribution in [2.75, 3.05) is 5.32 Å². The normalized spacial score (nSPS) is 17.6. The fraction of sp³-hybridized carbons (Fsp3) is 0.455. The molecule has 0 amide bonds. The molecule has 0 atom stereocenters. The van der Waals surface area contributed by atoms with Gasteiger partial charge in [0.05, 0.1) is 4.90 Å². The highest BCUT2D eigenvalue weighted by molar-refractivity contribution is 7.89. The van der Waals surface area contributed by atoms with E-state index in [9.17, 15) is 8.42 Å². The minimum atomic E-state index is -3.57. The van der Waals surface area contributed by atoms with Gasteiger partial charge in [0.25, 0.3) is 0 Å². The second-order valence-corrected chi connectivity index (χ2v) is 5.76. The Morgan fingerprint density at radius 3 is 2.19 bits per heavy atom. The summed E-state index contributed by atoms with van der Waals surface area (Å²) < 4.78 is 22.1. The maximum Gasteiger partial charge on any atom is 0.238 e. The molecule has 0 aromatic heterocycles. The number of nitrogens with two attached hydrogens (primary N) is 1. The molecule has 0 unspecified atom stereocenters. The predicted octanol–water partition coefficient (Wildman–Crippen LogP) is 1.69. The molecule has 5 heteroatoms. The topological polar surface area (TPSA) is 72.2 Å². The zero-order valence-electron chi connectivity index (χ0n) is 9.02. The second kappa shape index (κ2) is 4.43. The summed E-state index contributed by atoms with van der Waals surface area (Å²) in [4.78, 5) is 0.157. The van der Waals surface area contributed by atoms with Crippen LogP contribution < -0.4 is 10.5 Å². The van der Waals surface area contributed by atoms with Crippen LogP contribution in [0.15, 0.2) is 29.2 Å². The first-order valence-corrected chi connectivity index (χ1v) is 7.00. The van der Waals surface area contributed by atoms with Crippen molar-refractivity contribution in [2.24, 2.45) is 5.14 Å². The van der Waals surface area contributed by atoms with Gasteiger partial charge in [0.15, 0.2) is 0 Å². The molecule has 0 bridgehead atoms. The molecule has 1 aliphatic rings. The molecule has 88 valence electrons. The lowest BCUT2D eigenvalue weighted by Gasteiger charge is -2.13. The van der Waals surface area contributed by atoms with E-state index in [0.29, 0.717) is 6.04 Å². The van der Waals surface area contributed by atoms with Gasteiger partial charge in [-0.3, -0.25) is 0 Å². The van der Waals surface area contributed by atoms with Crippen molar-refractivity contribution in [3.63, 3.8) is 0 Å². The van der Waals surface area contributed by atoms with Crippen molar-refractivity contribution in [3.8, 4) is 0 Å². The van der Waals surface area contributed by atoms with E-state index in [2.05, 4.69) is 5.32 Å². The third-order valence-corrected chi connectivity index (χ3v) is 3.84. The van der Waals surface area contributed by atoms with Crippen molar-refractivity contribution in [1.82, 2.24) is 0 Å². The van der Waals surface area contributed by atoms with Gasteiger partial charge < -0.3 is 5.32 Å². The summed E-state index contributed by atoms with van der Waals surface area (Å²) in [6.07, 6.45) is 4.92. The summed E-state index contributed by atoms with van der Waals surface area (Å²) in [5.74, 6) is 0. The molecule has 0 radical (unpaired) electrons. The average molecular weight is 240 g/mol. The summed E-state index contributed by atoms with van der Waals surface area (Å²) in [5, 5.41) is 8.41. The van der Waals surface area contributed by atoms with E-state index < -0.39 is 10.0 Å². The minimum absolute atomic E-state index is 0.157. The summed E-state index contributed by atoms with van der Waals surface area (Å²) in [6.45, 7) is 0. The maximum atomic E-state index is 11.0. The maximum absolute atomic E-state index is 11.0. The van der Waals surface area contributed by atoms with Gasteiger partial charge in [-0.15, -0.1) is 0 Å². The Kier molecular flexibility index (Phi) is 3.16. The summed E-state index contributed by atoms with van der Waals surface area (Å²) in [5.41, 5.74) is 0.958. The van der Waals surface area contributed by atoms with E-state index in [1.807, 2.05) is 0 Å². The van der Waals surface area contributed by atoms with E-state index in [1.54, 1.807) is 12.1 Å². The quantitative estimate of drug-likeness (QED) is 0.844. The average Bonchev–Trinajstić information content (AvgIpc) is 2.70. The predicted molar refractivity (Wildman–Crippen MR) is 63.7 cm³/mol. The van der Waals surface area contributed by atoms with Crippen LogP contribution in [0.5, 0.6) is 0 Å². The summed E-state index contributed by atoms with van der Waals surface area (Å²) in [6, 6.07) is 7.12. The lowest BCUT2D eigenvalue weighted by atomic mass is 10.2. The zero-order valence-corrected chi connectivity index (χ0v) is 9.83. The lowest BCUT2D eigenvalue weighted by Crippen LogP contribution is -2.15. The van der Waals surface area contributed by atoms with Crippen molar-refractivity contribution < 1.29 is 8.42 Å². The van der Waals surface area contributed by atoms with Crippen LogP contribution in [-0.4, -0.2) is 14.5 Å². The largest absolute Gasteiger partial charge is 0.382 e. The van der Waals surface area contributed by atoms with Crippen LogP contribution in [0.4, 0.5) is 5.69 Å².